The van der Waals surface area contributed by atoms with E-state index in [2.05, 4.69) is 5.32 Å². The predicted molar refractivity (Wildman–Crippen MR) is 116 cm³/mol. The van der Waals surface area contributed by atoms with Gasteiger partial charge in [0.25, 0.3) is 5.91 Å². The highest BCUT2D eigenvalue weighted by molar-refractivity contribution is 5.97. The first kappa shape index (κ1) is 22.6. The highest BCUT2D eigenvalue weighted by Crippen LogP contribution is 2.28. The van der Waals surface area contributed by atoms with Crippen LogP contribution in [-0.2, 0) is 4.79 Å². The number of hydrogen-bond acceptors (Lipinski definition) is 4. The Bertz CT molecular complexity index is 908. The van der Waals surface area contributed by atoms with Crippen molar-refractivity contribution in [2.75, 3.05) is 20.2 Å². The molecule has 1 aliphatic rings. The zero-order valence-electron chi connectivity index (χ0n) is 18.2. The average Bonchev–Trinajstić information content (AvgIpc) is 2.78. The summed E-state index contributed by atoms with van der Waals surface area (Å²) >= 11 is 0. The number of carbonyl (C=O) groups is 2. The van der Waals surface area contributed by atoms with Gasteiger partial charge in [0, 0.05) is 32.9 Å². The number of ether oxygens (including phenoxy) is 2. The third kappa shape index (κ3) is 5.75. The second kappa shape index (κ2) is 10.3. The first-order valence-electron chi connectivity index (χ1n) is 10.6. The van der Waals surface area contributed by atoms with E-state index in [0.717, 1.165) is 5.56 Å². The van der Waals surface area contributed by atoms with Gasteiger partial charge in [0.15, 0.2) is 0 Å². The summed E-state index contributed by atoms with van der Waals surface area (Å²) in [6.45, 7) is 4.80. The average molecular weight is 429 g/mol. The van der Waals surface area contributed by atoms with Gasteiger partial charge in [0.05, 0.1) is 18.7 Å². The van der Waals surface area contributed by atoms with Gasteiger partial charge >= 0.3 is 0 Å². The molecule has 6 nitrogen and oxygen atoms in total. The van der Waals surface area contributed by atoms with Crippen molar-refractivity contribution in [3.8, 4) is 11.5 Å². The molecule has 0 aliphatic carbocycles. The number of benzene rings is 2. The quantitative estimate of drug-likeness (QED) is 0.721. The highest BCUT2D eigenvalue weighted by atomic mass is 19.1. The van der Waals surface area contributed by atoms with Crippen LogP contribution in [0.5, 0.6) is 11.5 Å². The molecule has 1 fully saturated rings. The molecule has 1 heterocycles. The molecule has 1 N–H and O–H groups in total. The molecule has 1 saturated heterocycles. The van der Waals surface area contributed by atoms with Gasteiger partial charge in [0.2, 0.25) is 5.91 Å². The van der Waals surface area contributed by atoms with Crippen molar-refractivity contribution in [2.45, 2.75) is 45.3 Å². The van der Waals surface area contributed by atoms with E-state index in [4.69, 9.17) is 9.47 Å². The predicted octanol–water partition coefficient (Wildman–Crippen LogP) is 4.11. The first-order valence-corrected chi connectivity index (χ1v) is 10.6. The summed E-state index contributed by atoms with van der Waals surface area (Å²) in [6, 6.07) is 11.0. The van der Waals surface area contributed by atoms with Gasteiger partial charge in [0.1, 0.15) is 23.4 Å². The maximum absolute atomic E-state index is 13.3. The summed E-state index contributed by atoms with van der Waals surface area (Å²) < 4.78 is 24.7. The van der Waals surface area contributed by atoms with E-state index >= 15 is 0 Å². The summed E-state index contributed by atoms with van der Waals surface area (Å²) in [5.74, 6) is 0.497. The molecule has 0 saturated carbocycles. The summed E-state index contributed by atoms with van der Waals surface area (Å²) in [6.07, 6.45) is 2.00. The first-order chi connectivity index (χ1) is 14.9. The third-order valence-electron chi connectivity index (χ3n) is 5.60. The number of piperidine rings is 1. The fourth-order valence-corrected chi connectivity index (χ4v) is 3.74. The maximum atomic E-state index is 13.3. The van der Waals surface area contributed by atoms with Crippen LogP contribution in [0.25, 0.3) is 0 Å². The van der Waals surface area contributed by atoms with E-state index in [1.54, 1.807) is 49.3 Å². The molecular weight excluding hydrogens is 399 g/mol. The Morgan fingerprint density at radius 1 is 1.16 bits per heavy atom. The van der Waals surface area contributed by atoms with Crippen molar-refractivity contribution in [3.05, 3.63) is 59.4 Å². The number of halogens is 1. The lowest BCUT2D eigenvalue weighted by molar-refractivity contribution is -0.130. The number of nitrogens with one attached hydrogen (secondary N) is 1. The van der Waals surface area contributed by atoms with Crippen molar-refractivity contribution < 1.29 is 23.5 Å². The van der Waals surface area contributed by atoms with Crippen LogP contribution >= 0.6 is 0 Å². The minimum atomic E-state index is -0.316. The highest BCUT2D eigenvalue weighted by Gasteiger charge is 2.25. The smallest absolute Gasteiger partial charge is 0.255 e. The lowest BCUT2D eigenvalue weighted by Crippen LogP contribution is -2.40. The molecule has 3 rings (SSSR count). The van der Waals surface area contributed by atoms with Gasteiger partial charge < -0.3 is 19.7 Å². The van der Waals surface area contributed by atoms with Crippen molar-refractivity contribution in [1.82, 2.24) is 10.2 Å². The van der Waals surface area contributed by atoms with Gasteiger partial charge in [-0.25, -0.2) is 4.39 Å². The van der Waals surface area contributed by atoms with Gasteiger partial charge in [-0.05, 0) is 42.3 Å². The SMILES string of the molecule is CC[C@@H](NC(=O)c1cc(OC)ccc1OC1CCN(C(C)=O)CC1)c1ccc(F)cc1. The van der Waals surface area contributed by atoms with Gasteiger partial charge in [-0.1, -0.05) is 19.1 Å². The van der Waals surface area contributed by atoms with Crippen LogP contribution in [0.4, 0.5) is 4.39 Å². The Hall–Kier alpha value is -3.09. The molecule has 31 heavy (non-hydrogen) atoms. The van der Waals surface area contributed by atoms with Crippen LogP contribution in [0.15, 0.2) is 42.5 Å². The molecule has 1 aliphatic heterocycles. The number of methoxy groups -OCH3 is 1. The molecule has 0 spiro atoms. The number of rotatable bonds is 7. The minimum absolute atomic E-state index is 0.0642. The minimum Gasteiger partial charge on any atom is -0.497 e. The number of likely N-dealkylation sites (tertiary alicyclic amines) is 1. The van der Waals surface area contributed by atoms with Crippen molar-refractivity contribution in [1.29, 1.82) is 0 Å². The van der Waals surface area contributed by atoms with E-state index < -0.39 is 0 Å². The summed E-state index contributed by atoms with van der Waals surface area (Å²) in [5, 5.41) is 3.02. The Labute approximate surface area is 182 Å². The van der Waals surface area contributed by atoms with Crippen LogP contribution in [0.3, 0.4) is 0 Å². The lowest BCUT2D eigenvalue weighted by atomic mass is 10.0. The van der Waals surface area contributed by atoms with Crippen molar-refractivity contribution in [2.24, 2.45) is 0 Å². The Balaban J connectivity index is 1.76. The lowest BCUT2D eigenvalue weighted by Gasteiger charge is -2.32. The standard InChI is InChI=1S/C24H29FN2O4/c1-4-22(17-5-7-18(25)8-6-17)26-24(29)21-15-20(30-3)9-10-23(21)31-19-11-13-27(14-12-19)16(2)28/h5-10,15,19,22H,4,11-14H2,1-3H3,(H,26,29)/t22-/m1/s1. The second-order valence-electron chi connectivity index (χ2n) is 7.67. The second-order valence-corrected chi connectivity index (χ2v) is 7.67. The molecular formula is C24H29FN2O4. The third-order valence-corrected chi connectivity index (χ3v) is 5.60. The molecule has 0 radical (unpaired) electrons. The van der Waals surface area contributed by atoms with E-state index in [1.807, 2.05) is 6.92 Å². The largest absolute Gasteiger partial charge is 0.497 e. The summed E-state index contributed by atoms with van der Waals surface area (Å²) in [7, 11) is 1.54. The number of hydrogen-bond donors (Lipinski definition) is 1. The van der Waals surface area contributed by atoms with Crippen LogP contribution in [0.1, 0.15) is 55.1 Å². The Morgan fingerprint density at radius 2 is 1.84 bits per heavy atom. The molecule has 0 aromatic heterocycles. The number of amides is 2. The molecule has 1 atom stereocenters. The molecule has 2 aromatic carbocycles. The topological polar surface area (TPSA) is 67.9 Å². The van der Waals surface area contributed by atoms with Crippen LogP contribution in [0.2, 0.25) is 0 Å². The molecule has 166 valence electrons. The fraction of sp³-hybridized carbons (Fsp3) is 0.417. The molecule has 2 amide bonds. The molecule has 0 bridgehead atoms. The Morgan fingerprint density at radius 3 is 2.42 bits per heavy atom. The zero-order valence-corrected chi connectivity index (χ0v) is 18.2. The summed E-state index contributed by atoms with van der Waals surface area (Å²) in [5.41, 5.74) is 1.22. The van der Waals surface area contributed by atoms with Gasteiger partial charge in [-0.15, -0.1) is 0 Å². The number of nitrogens with zero attached hydrogens (tertiary/aromatic N) is 1. The monoisotopic (exact) mass is 428 g/mol. The van der Waals surface area contributed by atoms with Crippen LogP contribution in [0, 0.1) is 5.82 Å². The molecule has 2 aromatic rings. The normalized spacial score (nSPS) is 15.3. The fourth-order valence-electron chi connectivity index (χ4n) is 3.74. The van der Waals surface area contributed by atoms with Gasteiger partial charge in [-0.3, -0.25) is 9.59 Å². The van der Waals surface area contributed by atoms with Crippen LogP contribution in [-0.4, -0.2) is 43.0 Å². The van der Waals surface area contributed by atoms with E-state index in [-0.39, 0.29) is 29.8 Å². The summed E-state index contributed by atoms with van der Waals surface area (Å²) in [4.78, 5) is 26.5. The van der Waals surface area contributed by atoms with Gasteiger partial charge in [-0.2, -0.15) is 0 Å². The van der Waals surface area contributed by atoms with E-state index in [1.165, 1.54) is 12.1 Å². The maximum Gasteiger partial charge on any atom is 0.255 e. The Kier molecular flexibility index (Phi) is 7.50. The van der Waals surface area contributed by atoms with Crippen molar-refractivity contribution >= 4 is 11.8 Å². The van der Waals surface area contributed by atoms with Crippen LogP contribution < -0.4 is 14.8 Å². The van der Waals surface area contributed by atoms with E-state index in [0.29, 0.717) is 49.4 Å². The van der Waals surface area contributed by atoms with Crippen molar-refractivity contribution in [3.63, 3.8) is 0 Å². The molecule has 7 heteroatoms. The number of carbonyl (C=O) groups excluding carboxylic acids is 2. The van der Waals surface area contributed by atoms with E-state index in [9.17, 15) is 14.0 Å². The molecule has 0 unspecified atom stereocenters. The zero-order chi connectivity index (χ0) is 22.4.